The van der Waals surface area contributed by atoms with Gasteiger partial charge in [0.25, 0.3) is 0 Å². The number of carbonyl (C=O) groups excluding carboxylic acids is 1. The Hall–Kier alpha value is -1.17. The quantitative estimate of drug-likeness (QED) is 0.153. The van der Waals surface area contributed by atoms with Crippen LogP contribution in [0.15, 0.2) is 25.3 Å². The van der Waals surface area contributed by atoms with Gasteiger partial charge in [0.15, 0.2) is 6.29 Å². The Bertz CT molecular complexity index is 278. The molecule has 0 aromatic rings. The van der Waals surface area contributed by atoms with Crippen molar-refractivity contribution < 1.29 is 23.7 Å². The maximum atomic E-state index is 10.8. The summed E-state index contributed by atoms with van der Waals surface area (Å²) < 4.78 is 21.1. The molecule has 0 aromatic heterocycles. The average Bonchev–Trinajstić information content (AvgIpc) is 2.49. The molecule has 122 valence electrons. The molecule has 0 aliphatic heterocycles. The minimum Gasteiger partial charge on any atom is -0.463 e. The van der Waals surface area contributed by atoms with Crippen molar-refractivity contribution in [1.29, 1.82) is 0 Å². The van der Waals surface area contributed by atoms with E-state index in [1.165, 1.54) is 6.08 Å². The predicted molar refractivity (Wildman–Crippen MR) is 82.0 cm³/mol. The van der Waals surface area contributed by atoms with Gasteiger partial charge >= 0.3 is 5.97 Å². The molecule has 0 bridgehead atoms. The summed E-state index contributed by atoms with van der Waals surface area (Å²) in [5.41, 5.74) is 0. The molecule has 0 heterocycles. The lowest BCUT2D eigenvalue weighted by atomic mass is 10.2. The van der Waals surface area contributed by atoms with Crippen molar-refractivity contribution >= 4 is 5.97 Å². The fourth-order valence-electron chi connectivity index (χ4n) is 1.45. The monoisotopic (exact) mass is 300 g/mol. The Morgan fingerprint density at radius 2 is 1.71 bits per heavy atom. The average molecular weight is 300 g/mol. The van der Waals surface area contributed by atoms with Crippen LogP contribution in [0.1, 0.15) is 32.6 Å². The molecule has 1 atom stereocenters. The first-order valence-corrected chi connectivity index (χ1v) is 7.41. The highest BCUT2D eigenvalue weighted by Crippen LogP contribution is 2.00. The SMILES string of the molecule is C=CCCOCCOC(C)OCCCCCOC(=O)C=C. The Kier molecular flexibility index (Phi) is 14.4. The number of esters is 1. The second-order valence-corrected chi connectivity index (χ2v) is 4.43. The lowest BCUT2D eigenvalue weighted by molar-refractivity contribution is -0.140. The van der Waals surface area contributed by atoms with Gasteiger partial charge in [-0.05, 0) is 32.6 Å². The van der Waals surface area contributed by atoms with Crippen LogP contribution in [0.5, 0.6) is 0 Å². The van der Waals surface area contributed by atoms with E-state index in [9.17, 15) is 4.79 Å². The number of rotatable bonds is 15. The Balaban J connectivity index is 3.22. The predicted octanol–water partition coefficient (Wildman–Crippen LogP) is 2.86. The normalized spacial score (nSPS) is 11.9. The van der Waals surface area contributed by atoms with E-state index >= 15 is 0 Å². The number of hydrogen-bond acceptors (Lipinski definition) is 5. The first-order chi connectivity index (χ1) is 10.2. The molecule has 0 fully saturated rings. The van der Waals surface area contributed by atoms with Gasteiger partial charge in [-0.15, -0.1) is 6.58 Å². The zero-order valence-corrected chi connectivity index (χ0v) is 13.1. The standard InChI is InChI=1S/C16H28O5/c1-4-6-10-18-13-14-20-15(3)19-11-8-7-9-12-21-16(17)5-2/h4-5,15H,1-2,6-14H2,3H3. The van der Waals surface area contributed by atoms with Crippen molar-refractivity contribution in [3.8, 4) is 0 Å². The van der Waals surface area contributed by atoms with Gasteiger partial charge in [0.2, 0.25) is 0 Å². The number of carbonyl (C=O) groups is 1. The highest BCUT2D eigenvalue weighted by Gasteiger charge is 2.02. The van der Waals surface area contributed by atoms with Gasteiger partial charge in [0, 0.05) is 12.7 Å². The van der Waals surface area contributed by atoms with E-state index in [0.717, 1.165) is 25.7 Å². The fraction of sp³-hybridized carbons (Fsp3) is 0.688. The molecule has 0 saturated carbocycles. The summed E-state index contributed by atoms with van der Waals surface area (Å²) >= 11 is 0. The van der Waals surface area contributed by atoms with Crippen LogP contribution in [0.4, 0.5) is 0 Å². The topological polar surface area (TPSA) is 54.0 Å². The summed E-state index contributed by atoms with van der Waals surface area (Å²) in [4.78, 5) is 10.8. The lowest BCUT2D eigenvalue weighted by Gasteiger charge is -2.14. The molecule has 0 radical (unpaired) electrons. The van der Waals surface area contributed by atoms with E-state index in [4.69, 9.17) is 18.9 Å². The smallest absolute Gasteiger partial charge is 0.330 e. The van der Waals surface area contributed by atoms with Crippen molar-refractivity contribution in [2.75, 3.05) is 33.0 Å². The van der Waals surface area contributed by atoms with E-state index in [2.05, 4.69) is 13.2 Å². The van der Waals surface area contributed by atoms with Crippen molar-refractivity contribution in [2.24, 2.45) is 0 Å². The molecule has 21 heavy (non-hydrogen) atoms. The van der Waals surface area contributed by atoms with Crippen molar-refractivity contribution in [1.82, 2.24) is 0 Å². The highest BCUT2D eigenvalue weighted by atomic mass is 16.7. The van der Waals surface area contributed by atoms with Crippen LogP contribution in [0.25, 0.3) is 0 Å². The van der Waals surface area contributed by atoms with Crippen LogP contribution in [-0.2, 0) is 23.7 Å². The summed E-state index contributed by atoms with van der Waals surface area (Å²) in [6.45, 7) is 11.7. The van der Waals surface area contributed by atoms with Gasteiger partial charge in [0.05, 0.1) is 26.4 Å². The molecule has 0 aliphatic carbocycles. The van der Waals surface area contributed by atoms with Gasteiger partial charge in [-0.25, -0.2) is 4.79 Å². The van der Waals surface area contributed by atoms with E-state index in [-0.39, 0.29) is 12.3 Å². The van der Waals surface area contributed by atoms with Crippen molar-refractivity contribution in [2.45, 2.75) is 38.9 Å². The first-order valence-electron chi connectivity index (χ1n) is 7.41. The van der Waals surface area contributed by atoms with E-state index in [0.29, 0.717) is 33.0 Å². The van der Waals surface area contributed by atoms with Crippen LogP contribution in [0.2, 0.25) is 0 Å². The summed E-state index contributed by atoms with van der Waals surface area (Å²) in [6.07, 6.45) is 6.31. The fourth-order valence-corrected chi connectivity index (χ4v) is 1.45. The molecule has 0 rings (SSSR count). The molecule has 0 amide bonds. The van der Waals surface area contributed by atoms with Gasteiger partial charge in [-0.2, -0.15) is 0 Å². The minimum absolute atomic E-state index is 0.230. The summed E-state index contributed by atoms with van der Waals surface area (Å²) in [5, 5.41) is 0. The third-order valence-electron chi connectivity index (χ3n) is 2.60. The molecular weight excluding hydrogens is 272 g/mol. The van der Waals surface area contributed by atoms with E-state index in [1.54, 1.807) is 0 Å². The van der Waals surface area contributed by atoms with Gasteiger partial charge < -0.3 is 18.9 Å². The van der Waals surface area contributed by atoms with Gasteiger partial charge in [0.1, 0.15) is 0 Å². The molecule has 0 spiro atoms. The summed E-state index contributed by atoms with van der Waals surface area (Å²) in [5.74, 6) is -0.372. The second-order valence-electron chi connectivity index (χ2n) is 4.43. The first kappa shape index (κ1) is 19.8. The zero-order valence-electron chi connectivity index (χ0n) is 13.1. The third-order valence-corrected chi connectivity index (χ3v) is 2.60. The Labute approximate surface area is 127 Å². The summed E-state index contributed by atoms with van der Waals surface area (Å²) in [6, 6.07) is 0. The maximum absolute atomic E-state index is 10.8. The van der Waals surface area contributed by atoms with Crippen molar-refractivity contribution in [3.05, 3.63) is 25.3 Å². The second kappa shape index (κ2) is 15.2. The van der Waals surface area contributed by atoms with Gasteiger partial charge in [-0.1, -0.05) is 12.7 Å². The van der Waals surface area contributed by atoms with Crippen LogP contribution >= 0.6 is 0 Å². The summed E-state index contributed by atoms with van der Waals surface area (Å²) in [7, 11) is 0. The lowest BCUT2D eigenvalue weighted by Crippen LogP contribution is -2.17. The molecule has 1 unspecified atom stereocenters. The molecule has 5 heteroatoms. The highest BCUT2D eigenvalue weighted by molar-refractivity contribution is 5.81. The van der Waals surface area contributed by atoms with Crippen LogP contribution < -0.4 is 0 Å². The molecule has 0 saturated heterocycles. The molecule has 5 nitrogen and oxygen atoms in total. The minimum atomic E-state index is -0.372. The van der Waals surface area contributed by atoms with E-state index in [1.807, 2.05) is 13.0 Å². The van der Waals surface area contributed by atoms with Crippen LogP contribution in [-0.4, -0.2) is 45.3 Å². The van der Waals surface area contributed by atoms with Crippen LogP contribution in [0.3, 0.4) is 0 Å². The van der Waals surface area contributed by atoms with E-state index < -0.39 is 0 Å². The molecule has 0 aromatic carbocycles. The largest absolute Gasteiger partial charge is 0.463 e. The molecular formula is C16H28O5. The van der Waals surface area contributed by atoms with Crippen molar-refractivity contribution in [3.63, 3.8) is 0 Å². The van der Waals surface area contributed by atoms with Crippen LogP contribution in [0, 0.1) is 0 Å². The molecule has 0 N–H and O–H groups in total. The Morgan fingerprint density at radius 3 is 2.43 bits per heavy atom. The van der Waals surface area contributed by atoms with Gasteiger partial charge in [-0.3, -0.25) is 0 Å². The number of hydrogen-bond donors (Lipinski definition) is 0. The third kappa shape index (κ3) is 15.0. The number of unbranched alkanes of at least 4 members (excludes halogenated alkanes) is 2. The molecule has 0 aliphatic rings. The zero-order chi connectivity index (χ0) is 15.8. The number of ether oxygens (including phenoxy) is 4. The maximum Gasteiger partial charge on any atom is 0.330 e. The Morgan fingerprint density at radius 1 is 1.00 bits per heavy atom.